The Labute approximate surface area is 106 Å². The van der Waals surface area contributed by atoms with Crippen molar-refractivity contribution in [2.24, 2.45) is 0 Å². The Morgan fingerprint density at radius 2 is 2.11 bits per heavy atom. The molecule has 0 bridgehead atoms. The minimum atomic E-state index is -4.61. The van der Waals surface area contributed by atoms with E-state index in [0.29, 0.717) is 11.1 Å². The van der Waals surface area contributed by atoms with Gasteiger partial charge in [-0.05, 0) is 18.6 Å². The van der Waals surface area contributed by atoms with Crippen LogP contribution in [0.25, 0.3) is 11.0 Å². The van der Waals surface area contributed by atoms with E-state index in [-0.39, 0.29) is 18.5 Å². The monoisotopic (exact) mass is 272 g/mol. The number of hydrogen-bond donors (Lipinski definition) is 1. The Balaban J connectivity index is 2.64. The number of aromatic nitrogens is 2. The molecular weight excluding hydrogens is 261 g/mol. The van der Waals surface area contributed by atoms with Crippen LogP contribution in [-0.4, -0.2) is 20.6 Å². The van der Waals surface area contributed by atoms with Gasteiger partial charge in [0.15, 0.2) is 0 Å². The number of carboxylic acids is 1. The van der Waals surface area contributed by atoms with Crippen LogP contribution >= 0.6 is 0 Å². The van der Waals surface area contributed by atoms with Crippen LogP contribution in [0.5, 0.6) is 0 Å². The molecule has 4 nitrogen and oxygen atoms in total. The van der Waals surface area contributed by atoms with E-state index in [9.17, 15) is 18.0 Å². The largest absolute Gasteiger partial charge is 0.481 e. The first kappa shape index (κ1) is 13.4. The number of hydrogen-bond acceptors (Lipinski definition) is 2. The molecule has 0 unspecified atom stereocenters. The lowest BCUT2D eigenvalue weighted by atomic mass is 10.2. The number of rotatable bonds is 3. The Bertz CT molecular complexity index is 632. The minimum Gasteiger partial charge on any atom is -0.481 e. The molecule has 0 amide bonds. The van der Waals surface area contributed by atoms with Gasteiger partial charge in [0.2, 0.25) is 5.82 Å². The number of carboxylic acid groups (broad SMARTS) is 1. The lowest BCUT2D eigenvalue weighted by molar-refractivity contribution is -0.148. The third-order valence-electron chi connectivity index (χ3n) is 2.77. The Kier molecular flexibility index (Phi) is 3.21. The summed E-state index contributed by atoms with van der Waals surface area (Å²) in [7, 11) is 0. The van der Waals surface area contributed by atoms with E-state index >= 15 is 0 Å². The highest BCUT2D eigenvalue weighted by molar-refractivity contribution is 5.80. The van der Waals surface area contributed by atoms with Crippen LogP contribution in [0.15, 0.2) is 18.2 Å². The molecule has 0 aliphatic carbocycles. The molecular formula is C12H11F3N2O2. The number of nitrogens with zero attached hydrogens (tertiary/aromatic N) is 2. The number of fused-ring (bicyclic) bond motifs is 1. The first-order valence-corrected chi connectivity index (χ1v) is 5.55. The van der Waals surface area contributed by atoms with Crippen LogP contribution in [-0.2, 0) is 17.5 Å². The fourth-order valence-corrected chi connectivity index (χ4v) is 2.01. The molecule has 2 aromatic rings. The first-order chi connectivity index (χ1) is 8.80. The van der Waals surface area contributed by atoms with Crippen molar-refractivity contribution in [2.75, 3.05) is 0 Å². The number of halogens is 3. The van der Waals surface area contributed by atoms with E-state index in [1.807, 2.05) is 0 Å². The second-order valence-corrected chi connectivity index (χ2v) is 4.17. The zero-order valence-electron chi connectivity index (χ0n) is 10.0. The lowest BCUT2D eigenvalue weighted by Crippen LogP contribution is -2.16. The van der Waals surface area contributed by atoms with Crippen LogP contribution in [0.4, 0.5) is 13.2 Å². The predicted octanol–water partition coefficient (Wildman–Crippen LogP) is 2.84. The number of para-hydroxylation sites is 1. The quantitative estimate of drug-likeness (QED) is 0.934. The Morgan fingerprint density at radius 3 is 2.68 bits per heavy atom. The molecule has 1 heterocycles. The fourth-order valence-electron chi connectivity index (χ4n) is 2.01. The van der Waals surface area contributed by atoms with Crippen LogP contribution < -0.4 is 0 Å². The van der Waals surface area contributed by atoms with Crippen molar-refractivity contribution in [1.29, 1.82) is 0 Å². The normalized spacial score (nSPS) is 12.0. The van der Waals surface area contributed by atoms with Gasteiger partial charge in [-0.1, -0.05) is 12.1 Å². The molecule has 1 aromatic carbocycles. The second-order valence-electron chi connectivity index (χ2n) is 4.17. The van der Waals surface area contributed by atoms with Crippen LogP contribution in [0.3, 0.4) is 0 Å². The summed E-state index contributed by atoms with van der Waals surface area (Å²) in [6, 6.07) is 4.77. The first-order valence-electron chi connectivity index (χ1n) is 5.55. The molecule has 0 radical (unpaired) electrons. The zero-order chi connectivity index (χ0) is 14.2. The number of carbonyl (C=O) groups is 1. The van der Waals surface area contributed by atoms with Gasteiger partial charge in [0, 0.05) is 6.54 Å². The highest BCUT2D eigenvalue weighted by Crippen LogP contribution is 2.32. The van der Waals surface area contributed by atoms with E-state index in [1.165, 1.54) is 6.07 Å². The third kappa shape index (κ3) is 2.54. The van der Waals surface area contributed by atoms with Gasteiger partial charge in [-0.2, -0.15) is 13.2 Å². The van der Waals surface area contributed by atoms with Gasteiger partial charge < -0.3 is 9.67 Å². The fraction of sp³-hybridized carbons (Fsp3) is 0.333. The zero-order valence-corrected chi connectivity index (χ0v) is 10.0. The molecule has 0 aliphatic rings. The standard InChI is InChI=1S/C12H11F3N2O2/c1-7-3-2-4-8-10(7)17(6-5-9(18)19)11(16-8)12(13,14)15/h2-4H,5-6H2,1H3,(H,18,19). The molecule has 1 aromatic heterocycles. The number of benzene rings is 1. The van der Waals surface area contributed by atoms with E-state index in [1.54, 1.807) is 19.1 Å². The molecule has 0 atom stereocenters. The average Bonchev–Trinajstić information content (AvgIpc) is 2.66. The molecule has 2 rings (SSSR count). The molecule has 0 saturated carbocycles. The Hall–Kier alpha value is -2.05. The summed E-state index contributed by atoms with van der Waals surface area (Å²) in [5, 5.41) is 8.63. The smallest absolute Gasteiger partial charge is 0.449 e. The van der Waals surface area contributed by atoms with Gasteiger partial charge in [-0.15, -0.1) is 0 Å². The van der Waals surface area contributed by atoms with Gasteiger partial charge in [0.25, 0.3) is 0 Å². The third-order valence-corrected chi connectivity index (χ3v) is 2.77. The van der Waals surface area contributed by atoms with Gasteiger partial charge in [0.1, 0.15) is 0 Å². The molecule has 102 valence electrons. The maximum absolute atomic E-state index is 12.9. The van der Waals surface area contributed by atoms with Crippen molar-refractivity contribution >= 4 is 17.0 Å². The molecule has 7 heteroatoms. The minimum absolute atomic E-state index is 0.220. The number of aryl methyl sites for hydroxylation is 2. The molecule has 1 N–H and O–H groups in total. The van der Waals surface area contributed by atoms with Crippen molar-refractivity contribution in [3.8, 4) is 0 Å². The highest BCUT2D eigenvalue weighted by Gasteiger charge is 2.37. The average molecular weight is 272 g/mol. The van der Waals surface area contributed by atoms with Crippen molar-refractivity contribution in [3.63, 3.8) is 0 Å². The summed E-state index contributed by atoms with van der Waals surface area (Å²) in [5.41, 5.74) is 1.18. The molecule has 0 spiro atoms. The highest BCUT2D eigenvalue weighted by atomic mass is 19.4. The van der Waals surface area contributed by atoms with Crippen LogP contribution in [0.2, 0.25) is 0 Å². The van der Waals surface area contributed by atoms with E-state index in [2.05, 4.69) is 4.98 Å². The summed E-state index contributed by atoms with van der Waals surface area (Å²) in [5.74, 6) is -2.21. The van der Waals surface area contributed by atoms with E-state index < -0.39 is 18.0 Å². The Morgan fingerprint density at radius 1 is 1.42 bits per heavy atom. The number of alkyl halides is 3. The van der Waals surface area contributed by atoms with Gasteiger partial charge >= 0.3 is 12.1 Å². The topological polar surface area (TPSA) is 55.1 Å². The summed E-state index contributed by atoms with van der Waals surface area (Å²) < 4.78 is 39.7. The molecule has 0 fully saturated rings. The van der Waals surface area contributed by atoms with Crippen molar-refractivity contribution in [1.82, 2.24) is 9.55 Å². The SMILES string of the molecule is Cc1cccc2nc(C(F)(F)F)n(CCC(=O)O)c12. The second kappa shape index (κ2) is 4.56. The van der Waals surface area contributed by atoms with Crippen LogP contribution in [0.1, 0.15) is 17.8 Å². The summed E-state index contributed by atoms with van der Waals surface area (Å²) >= 11 is 0. The predicted molar refractivity (Wildman–Crippen MR) is 61.7 cm³/mol. The van der Waals surface area contributed by atoms with E-state index in [0.717, 1.165) is 4.57 Å². The summed E-state index contributed by atoms with van der Waals surface area (Å²) in [4.78, 5) is 14.1. The van der Waals surface area contributed by atoms with Gasteiger partial charge in [-0.3, -0.25) is 4.79 Å². The number of imidazole rings is 1. The van der Waals surface area contributed by atoms with Crippen molar-refractivity contribution in [3.05, 3.63) is 29.6 Å². The van der Waals surface area contributed by atoms with Crippen LogP contribution in [0, 0.1) is 6.92 Å². The summed E-state index contributed by atoms with van der Waals surface area (Å²) in [6.07, 6.45) is -4.99. The molecule has 19 heavy (non-hydrogen) atoms. The number of aliphatic carboxylic acids is 1. The summed E-state index contributed by atoms with van der Waals surface area (Å²) in [6.45, 7) is 1.41. The molecule has 0 saturated heterocycles. The lowest BCUT2D eigenvalue weighted by Gasteiger charge is -2.11. The van der Waals surface area contributed by atoms with Crippen molar-refractivity contribution < 1.29 is 23.1 Å². The maximum Gasteiger partial charge on any atom is 0.449 e. The van der Waals surface area contributed by atoms with Gasteiger partial charge in [0.05, 0.1) is 17.5 Å². The van der Waals surface area contributed by atoms with E-state index in [4.69, 9.17) is 5.11 Å². The molecule has 0 aliphatic heterocycles. The van der Waals surface area contributed by atoms with Gasteiger partial charge in [-0.25, -0.2) is 4.98 Å². The maximum atomic E-state index is 12.9. The van der Waals surface area contributed by atoms with Crippen molar-refractivity contribution in [2.45, 2.75) is 26.1 Å².